The predicted molar refractivity (Wildman–Crippen MR) is 84.0 cm³/mol. The molecule has 0 heterocycles. The van der Waals surface area contributed by atoms with Crippen LogP contribution in [0.2, 0.25) is 10.0 Å². The molecule has 0 saturated carbocycles. The largest absolute Gasteiger partial charge is 0.495 e. The highest BCUT2D eigenvalue weighted by atomic mass is 35.5. The molecule has 0 atom stereocenters. The van der Waals surface area contributed by atoms with E-state index >= 15 is 0 Å². The van der Waals surface area contributed by atoms with E-state index in [0.29, 0.717) is 18.7 Å². The number of rotatable bonds is 7. The molecule has 0 aliphatic heterocycles. The lowest BCUT2D eigenvalue weighted by molar-refractivity contribution is 0.414. The first-order valence-electron chi connectivity index (χ1n) is 5.59. The van der Waals surface area contributed by atoms with Crippen molar-refractivity contribution < 1.29 is 13.2 Å². The molecule has 9 heteroatoms. The Hall–Kier alpha value is -0.240. The van der Waals surface area contributed by atoms with Gasteiger partial charge in [0.1, 0.15) is 10.6 Å². The van der Waals surface area contributed by atoms with Crippen LogP contribution >= 0.6 is 35.6 Å². The monoisotopic (exact) mass is 362 g/mol. The number of nitrogens with one attached hydrogen (secondary N) is 2. The molecule has 1 rings (SSSR count). The summed E-state index contributed by atoms with van der Waals surface area (Å²) in [6.45, 7) is 1.04. The summed E-state index contributed by atoms with van der Waals surface area (Å²) >= 11 is 11.8. The van der Waals surface area contributed by atoms with E-state index in [1.807, 2.05) is 0 Å². The van der Waals surface area contributed by atoms with Gasteiger partial charge in [-0.3, -0.25) is 0 Å². The van der Waals surface area contributed by atoms with Gasteiger partial charge < -0.3 is 10.1 Å². The molecule has 0 radical (unpaired) electrons. The standard InChI is InChI=1S/C11H16Cl2N2O3S.ClH/c1-14-4-3-5-15-19(16,17)11-7-8(12)10(18-2)6-9(11)13;/h6-7,14-15H,3-5H2,1-2H3;1H. The molecule has 5 nitrogen and oxygen atoms in total. The van der Waals surface area contributed by atoms with Crippen molar-refractivity contribution in [3.63, 3.8) is 0 Å². The molecule has 0 aliphatic carbocycles. The fourth-order valence-electron chi connectivity index (χ4n) is 1.42. The molecular formula is C11H17Cl3N2O3S. The van der Waals surface area contributed by atoms with E-state index in [1.165, 1.54) is 19.2 Å². The highest BCUT2D eigenvalue weighted by Gasteiger charge is 2.19. The SMILES string of the molecule is CNCCCNS(=O)(=O)c1cc(Cl)c(OC)cc1Cl.Cl. The Morgan fingerprint density at radius 1 is 1.20 bits per heavy atom. The maximum Gasteiger partial charge on any atom is 0.242 e. The summed E-state index contributed by atoms with van der Waals surface area (Å²) in [6.07, 6.45) is 0.678. The summed E-state index contributed by atoms with van der Waals surface area (Å²) in [5.74, 6) is 0.334. The second-order valence-corrected chi connectivity index (χ2v) is 6.32. The Kier molecular flexibility index (Phi) is 8.81. The molecule has 1 aromatic rings. The second-order valence-electron chi connectivity index (χ2n) is 3.77. The fourth-order valence-corrected chi connectivity index (χ4v) is 3.34. The van der Waals surface area contributed by atoms with Gasteiger partial charge in [-0.05, 0) is 26.1 Å². The van der Waals surface area contributed by atoms with Crippen LogP contribution in [-0.2, 0) is 10.0 Å². The maximum atomic E-state index is 12.1. The van der Waals surface area contributed by atoms with E-state index in [4.69, 9.17) is 27.9 Å². The van der Waals surface area contributed by atoms with Crippen molar-refractivity contribution >= 4 is 45.6 Å². The van der Waals surface area contributed by atoms with Crippen molar-refractivity contribution in [3.05, 3.63) is 22.2 Å². The number of ether oxygens (including phenoxy) is 1. The van der Waals surface area contributed by atoms with Crippen molar-refractivity contribution in [3.8, 4) is 5.75 Å². The van der Waals surface area contributed by atoms with Crippen LogP contribution in [0.4, 0.5) is 0 Å². The summed E-state index contributed by atoms with van der Waals surface area (Å²) in [7, 11) is -0.436. The number of methoxy groups -OCH3 is 1. The van der Waals surface area contributed by atoms with Gasteiger partial charge >= 0.3 is 0 Å². The quantitative estimate of drug-likeness (QED) is 0.730. The molecule has 0 spiro atoms. The zero-order valence-corrected chi connectivity index (χ0v) is 14.2. The van der Waals surface area contributed by atoms with Crippen molar-refractivity contribution in [1.82, 2.24) is 10.0 Å². The van der Waals surface area contributed by atoms with E-state index in [-0.39, 0.29) is 27.3 Å². The Morgan fingerprint density at radius 2 is 1.85 bits per heavy atom. The minimum Gasteiger partial charge on any atom is -0.495 e. The number of hydrogen-bond acceptors (Lipinski definition) is 4. The van der Waals surface area contributed by atoms with Crippen molar-refractivity contribution in [2.24, 2.45) is 0 Å². The molecule has 0 fully saturated rings. The number of hydrogen-bond donors (Lipinski definition) is 2. The molecular weight excluding hydrogens is 347 g/mol. The normalized spacial score (nSPS) is 11.0. The van der Waals surface area contributed by atoms with Crippen molar-refractivity contribution in [2.45, 2.75) is 11.3 Å². The van der Waals surface area contributed by atoms with E-state index in [9.17, 15) is 8.42 Å². The lowest BCUT2D eigenvalue weighted by atomic mass is 10.3. The minimum atomic E-state index is -3.67. The summed E-state index contributed by atoms with van der Waals surface area (Å²) in [5, 5.41) is 3.20. The molecule has 116 valence electrons. The molecule has 2 N–H and O–H groups in total. The lowest BCUT2D eigenvalue weighted by Gasteiger charge is -2.10. The first kappa shape index (κ1) is 19.8. The van der Waals surface area contributed by atoms with E-state index < -0.39 is 10.0 Å². The van der Waals surface area contributed by atoms with Gasteiger partial charge in [0.05, 0.1) is 17.2 Å². The van der Waals surface area contributed by atoms with Crippen LogP contribution in [0.3, 0.4) is 0 Å². The van der Waals surface area contributed by atoms with E-state index in [1.54, 1.807) is 7.05 Å². The van der Waals surface area contributed by atoms with Gasteiger partial charge in [-0.1, -0.05) is 23.2 Å². The van der Waals surface area contributed by atoms with Crippen LogP contribution in [0.5, 0.6) is 5.75 Å². The third kappa shape index (κ3) is 5.27. The molecule has 0 unspecified atom stereocenters. The Bertz CT molecular complexity index is 538. The first-order valence-corrected chi connectivity index (χ1v) is 7.83. The summed E-state index contributed by atoms with van der Waals surface area (Å²) in [4.78, 5) is -0.0515. The van der Waals surface area contributed by atoms with Crippen LogP contribution in [-0.4, -0.2) is 35.7 Å². The van der Waals surface area contributed by atoms with Crippen LogP contribution in [0.1, 0.15) is 6.42 Å². The van der Waals surface area contributed by atoms with Gasteiger partial charge in [0.2, 0.25) is 10.0 Å². The second kappa shape index (κ2) is 8.92. The van der Waals surface area contributed by atoms with Crippen LogP contribution < -0.4 is 14.8 Å². The molecule has 0 saturated heterocycles. The number of sulfonamides is 1. The summed E-state index contributed by atoms with van der Waals surface area (Å²) in [6, 6.07) is 2.66. The van der Waals surface area contributed by atoms with Gasteiger partial charge in [0.15, 0.2) is 0 Å². The number of benzene rings is 1. The smallest absolute Gasteiger partial charge is 0.242 e. The summed E-state index contributed by atoms with van der Waals surface area (Å²) in [5.41, 5.74) is 0. The van der Waals surface area contributed by atoms with Gasteiger partial charge in [0, 0.05) is 12.6 Å². The van der Waals surface area contributed by atoms with Crippen LogP contribution in [0.15, 0.2) is 17.0 Å². The minimum absolute atomic E-state index is 0. The molecule has 1 aromatic carbocycles. The zero-order chi connectivity index (χ0) is 14.5. The Labute approximate surface area is 135 Å². The zero-order valence-electron chi connectivity index (χ0n) is 11.1. The summed E-state index contributed by atoms with van der Waals surface area (Å²) < 4.78 is 31.5. The molecule has 0 aromatic heterocycles. The van der Waals surface area contributed by atoms with Gasteiger partial charge in [-0.15, -0.1) is 12.4 Å². The lowest BCUT2D eigenvalue weighted by Crippen LogP contribution is -2.27. The highest BCUT2D eigenvalue weighted by molar-refractivity contribution is 7.89. The third-order valence-corrected chi connectivity index (χ3v) is 4.61. The van der Waals surface area contributed by atoms with Gasteiger partial charge in [-0.25, -0.2) is 13.1 Å². The van der Waals surface area contributed by atoms with Crippen LogP contribution in [0.25, 0.3) is 0 Å². The van der Waals surface area contributed by atoms with Crippen molar-refractivity contribution in [1.29, 1.82) is 0 Å². The first-order chi connectivity index (χ1) is 8.92. The van der Waals surface area contributed by atoms with Gasteiger partial charge in [-0.2, -0.15) is 0 Å². The Balaban J connectivity index is 0.00000361. The van der Waals surface area contributed by atoms with Crippen molar-refractivity contribution in [2.75, 3.05) is 27.2 Å². The molecule has 0 amide bonds. The average molecular weight is 364 g/mol. The van der Waals surface area contributed by atoms with E-state index in [2.05, 4.69) is 10.0 Å². The topological polar surface area (TPSA) is 67.4 Å². The maximum absolute atomic E-state index is 12.1. The predicted octanol–water partition coefficient (Wildman–Crippen LogP) is 2.31. The Morgan fingerprint density at radius 3 is 2.40 bits per heavy atom. The average Bonchev–Trinajstić information content (AvgIpc) is 2.36. The van der Waals surface area contributed by atoms with Crippen LogP contribution in [0, 0.1) is 0 Å². The molecule has 0 aliphatic rings. The fraction of sp³-hybridized carbons (Fsp3) is 0.455. The number of halogens is 3. The molecule has 0 bridgehead atoms. The van der Waals surface area contributed by atoms with E-state index in [0.717, 1.165) is 6.54 Å². The third-order valence-electron chi connectivity index (χ3n) is 2.39. The van der Waals surface area contributed by atoms with Gasteiger partial charge in [0.25, 0.3) is 0 Å². The molecule has 20 heavy (non-hydrogen) atoms. The highest BCUT2D eigenvalue weighted by Crippen LogP contribution is 2.33.